The van der Waals surface area contributed by atoms with Gasteiger partial charge in [-0.25, -0.2) is 14.6 Å². The molecule has 0 spiro atoms. The minimum Gasteiger partial charge on any atom is -0.508 e. The molecule has 0 bridgehead atoms. The molecule has 0 saturated heterocycles. The van der Waals surface area contributed by atoms with Crippen LogP contribution >= 0.6 is 0 Å². The molecule has 0 saturated carbocycles. The number of amides is 1. The van der Waals surface area contributed by atoms with E-state index in [1.807, 2.05) is 25.1 Å². The smallest absolute Gasteiger partial charge is 0.408 e. The van der Waals surface area contributed by atoms with Crippen LogP contribution in [0.25, 0.3) is 22.3 Å². The van der Waals surface area contributed by atoms with E-state index < -0.39 is 35.3 Å². The molecule has 2 aliphatic heterocycles. The molecule has 0 unspecified atom stereocenters. The van der Waals surface area contributed by atoms with Crippen LogP contribution in [0, 0.1) is 0 Å². The van der Waals surface area contributed by atoms with Crippen molar-refractivity contribution >= 4 is 28.9 Å². The molecule has 44 heavy (non-hydrogen) atoms. The Hall–Kier alpha value is -4.49. The molecule has 2 atom stereocenters. The second kappa shape index (κ2) is 11.9. The highest BCUT2D eigenvalue weighted by molar-refractivity contribution is 5.89. The first-order chi connectivity index (χ1) is 20.5. The number of phenolic OH excluding ortho intramolecular Hbond substituents is 1. The van der Waals surface area contributed by atoms with Gasteiger partial charge in [0.25, 0.3) is 5.56 Å². The van der Waals surface area contributed by atoms with Crippen LogP contribution in [0.2, 0.25) is 0 Å². The number of fused-ring (bicyclic) bond motifs is 5. The van der Waals surface area contributed by atoms with Gasteiger partial charge in [-0.2, -0.15) is 0 Å². The van der Waals surface area contributed by atoms with E-state index in [4.69, 9.17) is 19.6 Å². The van der Waals surface area contributed by atoms with E-state index in [0.29, 0.717) is 41.1 Å². The molecule has 2 aliphatic rings. The summed E-state index contributed by atoms with van der Waals surface area (Å²) in [6, 6.07) is 6.11. The predicted molar refractivity (Wildman–Crippen MR) is 160 cm³/mol. The monoisotopic (exact) mass is 610 g/mol. The molecule has 13 heteroatoms. The number of carboxylic acid groups (broad SMARTS) is 1. The Morgan fingerprint density at radius 2 is 1.91 bits per heavy atom. The Morgan fingerprint density at radius 3 is 2.50 bits per heavy atom. The molecule has 3 aromatic rings. The lowest BCUT2D eigenvalue weighted by Gasteiger charge is -2.31. The summed E-state index contributed by atoms with van der Waals surface area (Å²) < 4.78 is 11.6. The highest BCUT2D eigenvalue weighted by atomic mass is 16.6. The summed E-state index contributed by atoms with van der Waals surface area (Å²) in [7, 11) is 3.86. The molecule has 5 rings (SSSR count). The summed E-state index contributed by atoms with van der Waals surface area (Å²) in [6.45, 7) is 8.89. The number of carbonyl (C=O) groups is 3. The number of esters is 1. The maximum atomic E-state index is 13.2. The zero-order valence-corrected chi connectivity index (χ0v) is 25.8. The molecule has 0 radical (unpaired) electrons. The number of pyridine rings is 2. The molecule has 4 N–H and O–H groups in total. The van der Waals surface area contributed by atoms with Crippen LogP contribution in [0.5, 0.6) is 5.75 Å². The number of aliphatic hydroxyl groups is 1. The van der Waals surface area contributed by atoms with Crippen molar-refractivity contribution in [3.8, 4) is 17.1 Å². The van der Waals surface area contributed by atoms with Crippen LogP contribution in [0.15, 0.2) is 29.1 Å². The number of ether oxygens (including phenoxy) is 2. The third-order valence-corrected chi connectivity index (χ3v) is 7.36. The van der Waals surface area contributed by atoms with Gasteiger partial charge in [0.05, 0.1) is 29.0 Å². The average molecular weight is 611 g/mol. The second-order valence-electron chi connectivity index (χ2n) is 12.2. The number of carboxylic acids is 1. The Kier molecular flexibility index (Phi) is 8.76. The van der Waals surface area contributed by atoms with Gasteiger partial charge in [-0.3, -0.25) is 9.59 Å². The second-order valence-corrected chi connectivity index (χ2v) is 12.2. The first-order valence-corrected chi connectivity index (χ1v) is 14.2. The number of phenols is 1. The van der Waals surface area contributed by atoms with E-state index in [-0.39, 0.29) is 24.3 Å². The summed E-state index contributed by atoms with van der Waals surface area (Å²) in [6.07, 6.45) is -0.616. The van der Waals surface area contributed by atoms with E-state index in [9.17, 15) is 29.4 Å². The van der Waals surface area contributed by atoms with E-state index in [0.717, 1.165) is 16.5 Å². The Bertz CT molecular complexity index is 1710. The fraction of sp³-hybridized carbons (Fsp3) is 0.452. The van der Waals surface area contributed by atoms with E-state index in [1.165, 1.54) is 6.92 Å². The quantitative estimate of drug-likeness (QED) is 0.244. The number of aromatic hydroxyl groups is 1. The highest BCUT2D eigenvalue weighted by Crippen LogP contribution is 2.39. The molecular weight excluding hydrogens is 572 g/mol. The first-order valence-electron chi connectivity index (χ1n) is 14.2. The Morgan fingerprint density at radius 1 is 1.23 bits per heavy atom. The molecule has 4 heterocycles. The van der Waals surface area contributed by atoms with Gasteiger partial charge in [-0.05, 0) is 72.5 Å². The molecule has 0 aliphatic carbocycles. The molecule has 236 valence electrons. The fourth-order valence-corrected chi connectivity index (χ4v) is 5.13. The van der Waals surface area contributed by atoms with Crippen LogP contribution in [-0.2, 0) is 44.4 Å². The normalized spacial score (nSPS) is 17.5. The van der Waals surface area contributed by atoms with Gasteiger partial charge < -0.3 is 39.6 Å². The lowest BCUT2D eigenvalue weighted by Crippen LogP contribution is -2.44. The largest absolute Gasteiger partial charge is 0.508 e. The Labute approximate surface area is 254 Å². The van der Waals surface area contributed by atoms with E-state index >= 15 is 0 Å². The molecular formula is C31H38N4O9. The molecule has 2 aromatic heterocycles. The number of hydrogen-bond acceptors (Lipinski definition) is 10. The SMILES string of the molecule is CC[C@@]1(O)C(=O)OCc2c1cc1n(c2=O)Cc2cc3c(CN(C)C)c(O)ccc3nc2-1.C[C@H](NC(=O)OC(C)(C)C)C(=O)O. The van der Waals surface area contributed by atoms with E-state index in [1.54, 1.807) is 50.5 Å². The zero-order valence-electron chi connectivity index (χ0n) is 25.8. The molecule has 1 aromatic carbocycles. The van der Waals surface area contributed by atoms with Gasteiger partial charge in [0.1, 0.15) is 24.0 Å². The standard InChI is InChI=1S/C23H23N3O5.C8H15NO4/c1-4-23(30)16-8-18-20-12(9-26(18)21(28)15(16)11-31-22(23)29)7-13-14(10-25(2)3)19(27)6-5-17(13)24-20;1-5(6(10)11)9-7(12)13-8(2,3)4/h5-8,27,30H,4,9-11H2,1-3H3;5H,1-4H3,(H,9,12)(H,10,11)/t23-;5-/m00/s1. The fourth-order valence-electron chi connectivity index (χ4n) is 5.13. The van der Waals surface area contributed by atoms with Crippen molar-refractivity contribution in [1.82, 2.24) is 19.8 Å². The number of nitrogens with one attached hydrogen (secondary N) is 1. The lowest BCUT2D eigenvalue weighted by molar-refractivity contribution is -0.172. The topological polar surface area (TPSA) is 181 Å². The van der Waals surface area contributed by atoms with Gasteiger partial charge in [-0.15, -0.1) is 0 Å². The van der Waals surface area contributed by atoms with Gasteiger partial charge >= 0.3 is 18.0 Å². The number of aliphatic carboxylic acids is 1. The van der Waals surface area contributed by atoms with Crippen molar-refractivity contribution in [1.29, 1.82) is 0 Å². The third kappa shape index (κ3) is 6.24. The molecule has 1 amide bonds. The first kappa shape index (κ1) is 32.4. The summed E-state index contributed by atoms with van der Waals surface area (Å²) in [5.74, 6) is -1.62. The van der Waals surface area contributed by atoms with Crippen LogP contribution in [0.1, 0.15) is 63.3 Å². The summed E-state index contributed by atoms with van der Waals surface area (Å²) in [4.78, 5) is 53.6. The molecule has 0 fully saturated rings. The van der Waals surface area contributed by atoms with Crippen molar-refractivity contribution < 1.29 is 39.2 Å². The number of benzene rings is 1. The number of nitrogens with zero attached hydrogens (tertiary/aromatic N) is 3. The summed E-state index contributed by atoms with van der Waals surface area (Å²) in [5.41, 5.74) is 1.42. The number of hydrogen-bond donors (Lipinski definition) is 4. The van der Waals surface area contributed by atoms with Crippen LogP contribution in [0.3, 0.4) is 0 Å². The Balaban J connectivity index is 0.000000289. The van der Waals surface area contributed by atoms with Gasteiger partial charge in [0.15, 0.2) is 5.60 Å². The lowest BCUT2D eigenvalue weighted by atomic mass is 9.86. The highest BCUT2D eigenvalue weighted by Gasteiger charge is 2.45. The number of rotatable bonds is 5. The predicted octanol–water partition coefficient (Wildman–Crippen LogP) is 2.83. The van der Waals surface area contributed by atoms with Crippen molar-refractivity contribution in [2.24, 2.45) is 0 Å². The van der Waals surface area contributed by atoms with Crippen molar-refractivity contribution in [2.45, 2.75) is 78.0 Å². The van der Waals surface area contributed by atoms with Crippen molar-refractivity contribution in [3.05, 3.63) is 56.9 Å². The van der Waals surface area contributed by atoms with Crippen LogP contribution < -0.4 is 10.9 Å². The third-order valence-electron chi connectivity index (χ3n) is 7.36. The zero-order chi connectivity index (χ0) is 32.7. The minimum atomic E-state index is -1.84. The number of carbonyl (C=O) groups excluding carboxylic acids is 2. The summed E-state index contributed by atoms with van der Waals surface area (Å²) in [5, 5.41) is 32.8. The average Bonchev–Trinajstić information content (AvgIpc) is 3.28. The maximum Gasteiger partial charge on any atom is 0.408 e. The van der Waals surface area contributed by atoms with Crippen LogP contribution in [-0.4, -0.2) is 73.5 Å². The number of cyclic esters (lactones) is 1. The number of aromatic nitrogens is 2. The van der Waals surface area contributed by atoms with Gasteiger partial charge in [-0.1, -0.05) is 6.92 Å². The van der Waals surface area contributed by atoms with Gasteiger partial charge in [0, 0.05) is 28.6 Å². The van der Waals surface area contributed by atoms with Gasteiger partial charge in [0.2, 0.25) is 0 Å². The molecule has 13 nitrogen and oxygen atoms in total. The maximum absolute atomic E-state index is 13.2. The summed E-state index contributed by atoms with van der Waals surface area (Å²) >= 11 is 0. The van der Waals surface area contributed by atoms with Crippen molar-refractivity contribution in [2.75, 3.05) is 14.1 Å². The van der Waals surface area contributed by atoms with Crippen molar-refractivity contribution in [3.63, 3.8) is 0 Å². The number of alkyl carbamates (subject to hydrolysis) is 1. The van der Waals surface area contributed by atoms with Crippen LogP contribution in [0.4, 0.5) is 4.79 Å². The minimum absolute atomic E-state index is 0.104. The van der Waals surface area contributed by atoms with E-state index in [2.05, 4.69) is 5.32 Å².